The van der Waals surface area contributed by atoms with Crippen LogP contribution in [-0.4, -0.2) is 18.0 Å². The van der Waals surface area contributed by atoms with Gasteiger partial charge in [0.1, 0.15) is 0 Å². The summed E-state index contributed by atoms with van der Waals surface area (Å²) in [6.07, 6.45) is 0. The zero-order valence-corrected chi connectivity index (χ0v) is 16.4. The standard InChI is InChI=1S/C23H22N2O5/c1-29-22(26)23(19-10-6-3-7-11-19,30-16-17-8-4-2-5-9-17)21(24)18-12-14-20(15-13-18)25(27)28/h2-15,21H,16,24H2,1H3/t21-,23-/m1/s1. The van der Waals surface area contributed by atoms with Gasteiger partial charge in [-0.25, -0.2) is 4.79 Å². The second-order valence-electron chi connectivity index (χ2n) is 6.69. The highest BCUT2D eigenvalue weighted by Crippen LogP contribution is 2.39. The summed E-state index contributed by atoms with van der Waals surface area (Å²) in [4.78, 5) is 23.6. The molecule has 0 saturated carbocycles. The summed E-state index contributed by atoms with van der Waals surface area (Å²) < 4.78 is 11.3. The first-order valence-corrected chi connectivity index (χ1v) is 9.31. The molecule has 2 atom stereocenters. The number of rotatable bonds is 8. The van der Waals surface area contributed by atoms with E-state index in [1.807, 2.05) is 36.4 Å². The first-order chi connectivity index (χ1) is 14.5. The van der Waals surface area contributed by atoms with Gasteiger partial charge < -0.3 is 15.2 Å². The normalized spacial score (nSPS) is 13.8. The Labute approximate surface area is 174 Å². The summed E-state index contributed by atoms with van der Waals surface area (Å²) in [7, 11) is 1.27. The summed E-state index contributed by atoms with van der Waals surface area (Å²) in [6, 6.07) is 23.0. The number of hydrogen-bond acceptors (Lipinski definition) is 6. The minimum atomic E-state index is -1.65. The Kier molecular flexibility index (Phi) is 6.56. The van der Waals surface area contributed by atoms with Crippen LogP contribution in [0.4, 0.5) is 5.69 Å². The van der Waals surface area contributed by atoms with Crippen molar-refractivity contribution in [3.05, 3.63) is 112 Å². The Hall–Kier alpha value is -3.55. The zero-order chi connectivity index (χ0) is 21.6. The van der Waals surface area contributed by atoms with Crippen molar-refractivity contribution in [2.75, 3.05) is 7.11 Å². The van der Waals surface area contributed by atoms with Gasteiger partial charge in [-0.05, 0) is 16.7 Å². The van der Waals surface area contributed by atoms with Gasteiger partial charge in [0, 0.05) is 12.1 Å². The van der Waals surface area contributed by atoms with Crippen molar-refractivity contribution in [3.8, 4) is 0 Å². The van der Waals surface area contributed by atoms with Gasteiger partial charge in [0.25, 0.3) is 5.69 Å². The van der Waals surface area contributed by atoms with E-state index in [-0.39, 0.29) is 12.3 Å². The molecule has 0 unspecified atom stereocenters. The predicted octanol–water partition coefficient (Wildman–Crippen LogP) is 3.88. The molecule has 0 spiro atoms. The molecule has 0 bridgehead atoms. The molecule has 154 valence electrons. The molecule has 0 aromatic heterocycles. The molecule has 0 radical (unpaired) electrons. The van der Waals surface area contributed by atoms with E-state index >= 15 is 0 Å². The number of nitro groups is 1. The molecule has 0 aliphatic carbocycles. The monoisotopic (exact) mass is 406 g/mol. The first-order valence-electron chi connectivity index (χ1n) is 9.31. The van der Waals surface area contributed by atoms with E-state index in [0.717, 1.165) is 5.56 Å². The highest BCUT2D eigenvalue weighted by Gasteiger charge is 2.49. The summed E-state index contributed by atoms with van der Waals surface area (Å²) in [5.74, 6) is -0.657. The molecule has 0 amide bonds. The lowest BCUT2D eigenvalue weighted by atomic mass is 9.82. The maximum Gasteiger partial charge on any atom is 0.344 e. The molecular formula is C23H22N2O5. The fourth-order valence-electron chi connectivity index (χ4n) is 3.30. The van der Waals surface area contributed by atoms with Gasteiger partial charge in [-0.1, -0.05) is 72.8 Å². The highest BCUT2D eigenvalue weighted by molar-refractivity contribution is 5.83. The van der Waals surface area contributed by atoms with Crippen molar-refractivity contribution in [1.82, 2.24) is 0 Å². The van der Waals surface area contributed by atoms with E-state index in [1.54, 1.807) is 24.3 Å². The molecule has 3 rings (SSSR count). The number of nitrogens with zero attached hydrogens (tertiary/aromatic N) is 1. The van der Waals surface area contributed by atoms with Gasteiger partial charge in [-0.2, -0.15) is 0 Å². The number of esters is 1. The molecule has 7 heteroatoms. The third kappa shape index (κ3) is 4.22. The van der Waals surface area contributed by atoms with Crippen LogP contribution in [0.5, 0.6) is 0 Å². The van der Waals surface area contributed by atoms with Crippen LogP contribution in [0.15, 0.2) is 84.9 Å². The highest BCUT2D eigenvalue weighted by atomic mass is 16.6. The van der Waals surface area contributed by atoms with Gasteiger partial charge in [-0.15, -0.1) is 0 Å². The van der Waals surface area contributed by atoms with Crippen LogP contribution in [0, 0.1) is 10.1 Å². The van der Waals surface area contributed by atoms with Crippen LogP contribution in [0.2, 0.25) is 0 Å². The lowest BCUT2D eigenvalue weighted by Gasteiger charge is -2.37. The first kappa shape index (κ1) is 21.2. The number of carbonyl (C=O) groups excluding carboxylic acids is 1. The molecule has 2 N–H and O–H groups in total. The Morgan fingerprint density at radius 1 is 1.00 bits per heavy atom. The summed E-state index contributed by atoms with van der Waals surface area (Å²) in [5, 5.41) is 11.0. The van der Waals surface area contributed by atoms with Crippen LogP contribution in [0.1, 0.15) is 22.7 Å². The van der Waals surface area contributed by atoms with E-state index in [2.05, 4.69) is 0 Å². The fourth-order valence-corrected chi connectivity index (χ4v) is 3.30. The molecule has 0 saturated heterocycles. The van der Waals surface area contributed by atoms with Crippen LogP contribution in [-0.2, 0) is 26.5 Å². The summed E-state index contributed by atoms with van der Waals surface area (Å²) in [6.45, 7) is 0.117. The van der Waals surface area contributed by atoms with Gasteiger partial charge in [0.2, 0.25) is 5.60 Å². The number of ether oxygens (including phenoxy) is 2. The maximum atomic E-state index is 13.1. The molecule has 0 aliphatic rings. The molecule has 0 aliphatic heterocycles. The van der Waals surface area contributed by atoms with E-state index in [1.165, 1.54) is 31.4 Å². The van der Waals surface area contributed by atoms with E-state index < -0.39 is 22.5 Å². The average Bonchev–Trinajstić information content (AvgIpc) is 2.80. The minimum absolute atomic E-state index is 0.0699. The Morgan fingerprint density at radius 3 is 2.10 bits per heavy atom. The number of non-ortho nitro benzene ring substituents is 1. The zero-order valence-electron chi connectivity index (χ0n) is 16.4. The number of nitrogens with two attached hydrogens (primary N) is 1. The number of methoxy groups -OCH3 is 1. The second kappa shape index (κ2) is 9.30. The van der Waals surface area contributed by atoms with Crippen molar-refractivity contribution in [3.63, 3.8) is 0 Å². The predicted molar refractivity (Wildman–Crippen MR) is 111 cm³/mol. The molecule has 0 heterocycles. The molecular weight excluding hydrogens is 384 g/mol. The number of benzene rings is 3. The van der Waals surface area contributed by atoms with E-state index in [9.17, 15) is 14.9 Å². The smallest absolute Gasteiger partial charge is 0.344 e. The third-order valence-electron chi connectivity index (χ3n) is 4.90. The second-order valence-corrected chi connectivity index (χ2v) is 6.69. The Balaban J connectivity index is 2.08. The van der Waals surface area contributed by atoms with E-state index in [4.69, 9.17) is 15.2 Å². The third-order valence-corrected chi connectivity index (χ3v) is 4.90. The number of carbonyl (C=O) groups is 1. The van der Waals surface area contributed by atoms with Gasteiger partial charge >= 0.3 is 5.97 Å². The van der Waals surface area contributed by atoms with Crippen molar-refractivity contribution in [2.24, 2.45) is 5.73 Å². The number of nitro benzene ring substituents is 1. The Bertz CT molecular complexity index is 993. The van der Waals surface area contributed by atoms with Crippen LogP contribution < -0.4 is 5.73 Å². The van der Waals surface area contributed by atoms with Crippen molar-refractivity contribution in [2.45, 2.75) is 18.2 Å². The number of hydrogen-bond donors (Lipinski definition) is 1. The molecule has 7 nitrogen and oxygen atoms in total. The van der Waals surface area contributed by atoms with Crippen LogP contribution in [0.25, 0.3) is 0 Å². The Morgan fingerprint density at radius 2 is 1.57 bits per heavy atom. The quantitative estimate of drug-likeness (QED) is 0.346. The average molecular weight is 406 g/mol. The molecule has 3 aromatic rings. The van der Waals surface area contributed by atoms with Crippen molar-refractivity contribution >= 4 is 11.7 Å². The van der Waals surface area contributed by atoms with Crippen molar-refractivity contribution < 1.29 is 19.2 Å². The van der Waals surface area contributed by atoms with Gasteiger partial charge in [-0.3, -0.25) is 10.1 Å². The molecule has 0 fully saturated rings. The van der Waals surface area contributed by atoms with Crippen LogP contribution >= 0.6 is 0 Å². The molecule has 30 heavy (non-hydrogen) atoms. The summed E-state index contributed by atoms with van der Waals surface area (Å²) in [5.41, 5.74) is 6.74. The lowest BCUT2D eigenvalue weighted by molar-refractivity contribution is -0.384. The van der Waals surface area contributed by atoms with Gasteiger partial charge in [0.05, 0.1) is 24.7 Å². The largest absolute Gasteiger partial charge is 0.467 e. The van der Waals surface area contributed by atoms with Crippen molar-refractivity contribution in [1.29, 1.82) is 0 Å². The van der Waals surface area contributed by atoms with E-state index in [0.29, 0.717) is 11.1 Å². The summed E-state index contributed by atoms with van der Waals surface area (Å²) >= 11 is 0. The van der Waals surface area contributed by atoms with Crippen LogP contribution in [0.3, 0.4) is 0 Å². The minimum Gasteiger partial charge on any atom is -0.467 e. The maximum absolute atomic E-state index is 13.1. The van der Waals surface area contributed by atoms with Gasteiger partial charge in [0.15, 0.2) is 0 Å². The fraction of sp³-hybridized carbons (Fsp3) is 0.174. The lowest BCUT2D eigenvalue weighted by Crippen LogP contribution is -2.48. The topological polar surface area (TPSA) is 105 Å². The SMILES string of the molecule is COC(=O)[C@@](OCc1ccccc1)(c1ccccc1)[C@H](N)c1ccc([N+](=O)[O-])cc1. The molecule has 3 aromatic carbocycles.